The van der Waals surface area contributed by atoms with Crippen LogP contribution in [-0.2, 0) is 14.4 Å². The molecule has 2 fully saturated rings. The Kier molecular flexibility index (Phi) is 10.1. The van der Waals surface area contributed by atoms with Crippen LogP contribution in [0.5, 0.6) is 23.0 Å². The summed E-state index contributed by atoms with van der Waals surface area (Å²) in [6.45, 7) is 0.286. The van der Waals surface area contributed by atoms with Crippen LogP contribution >= 0.6 is 48.0 Å². The summed E-state index contributed by atoms with van der Waals surface area (Å²) in [6, 6.07) is 8.16. The lowest BCUT2D eigenvalue weighted by molar-refractivity contribution is -0.145. The Bertz CT molecular complexity index is 1520. The lowest BCUT2D eigenvalue weighted by atomic mass is 10.1. The molecule has 4 rings (SSSR count). The zero-order valence-electron chi connectivity index (χ0n) is 22.4. The number of thioether (sulfide) groups is 2. The minimum atomic E-state index is -1.18. The molecule has 2 heterocycles. The topological polar surface area (TPSA) is 137 Å². The number of nitrogens with zero attached hydrogens (tertiary/aromatic N) is 2. The number of benzene rings is 2. The van der Waals surface area contributed by atoms with Gasteiger partial charge in [0, 0.05) is 6.54 Å². The van der Waals surface area contributed by atoms with Crippen LogP contribution in [0.3, 0.4) is 0 Å². The third-order valence-corrected chi connectivity index (χ3v) is 9.11. The Hall–Kier alpha value is -3.59. The Morgan fingerprint density at radius 3 is 1.93 bits per heavy atom. The van der Waals surface area contributed by atoms with Crippen LogP contribution in [0.25, 0.3) is 12.2 Å². The number of carboxylic acid groups (broad SMARTS) is 1. The van der Waals surface area contributed by atoms with Crippen LogP contribution in [0.15, 0.2) is 46.2 Å². The standard InChI is InChI=1S/C28H26N2O8S4/c1-37-20-11-15(6-8-18(20)31)13-22-24(33)29(27(39)41-22)10-4-3-5-17(26(35)36)30-25(34)23(42-28(30)40)14-16-7-9-19(32)21(12-16)38-2/h6-9,11-14,17,31-32H,3-5,10H2,1-2H3,(H,35,36). The van der Waals surface area contributed by atoms with Gasteiger partial charge in [-0.2, -0.15) is 0 Å². The second-order valence-electron chi connectivity index (χ2n) is 9.10. The first-order chi connectivity index (χ1) is 20.0. The second-order valence-corrected chi connectivity index (χ2v) is 12.4. The normalized spacial score (nSPS) is 18.0. The van der Waals surface area contributed by atoms with Crippen molar-refractivity contribution in [2.24, 2.45) is 0 Å². The Labute approximate surface area is 261 Å². The molecule has 0 aliphatic carbocycles. The van der Waals surface area contributed by atoms with Crippen LogP contribution in [0, 0.1) is 0 Å². The van der Waals surface area contributed by atoms with Crippen LogP contribution < -0.4 is 9.47 Å². The van der Waals surface area contributed by atoms with Gasteiger partial charge in [0.25, 0.3) is 11.8 Å². The number of phenolic OH excluding ortho intramolecular Hbond substituents is 2. The van der Waals surface area contributed by atoms with Crippen molar-refractivity contribution in [3.8, 4) is 23.0 Å². The lowest BCUT2D eigenvalue weighted by Crippen LogP contribution is -2.44. The maximum absolute atomic E-state index is 13.2. The molecule has 2 aromatic rings. The summed E-state index contributed by atoms with van der Waals surface area (Å²) >= 11 is 12.9. The predicted octanol–water partition coefficient (Wildman–Crippen LogP) is 4.84. The van der Waals surface area contributed by atoms with Gasteiger partial charge in [-0.1, -0.05) is 60.1 Å². The highest BCUT2D eigenvalue weighted by Crippen LogP contribution is 2.37. The highest BCUT2D eigenvalue weighted by atomic mass is 32.2. The number of hydrogen-bond donors (Lipinski definition) is 3. The van der Waals surface area contributed by atoms with E-state index in [2.05, 4.69) is 0 Å². The van der Waals surface area contributed by atoms with Gasteiger partial charge in [0.1, 0.15) is 14.7 Å². The van der Waals surface area contributed by atoms with Crippen LogP contribution in [-0.4, -0.2) is 78.4 Å². The van der Waals surface area contributed by atoms with Gasteiger partial charge < -0.3 is 24.8 Å². The third kappa shape index (κ3) is 6.89. The number of hydrogen-bond acceptors (Lipinski definition) is 11. The van der Waals surface area contributed by atoms with E-state index in [1.54, 1.807) is 36.4 Å². The minimum Gasteiger partial charge on any atom is -0.504 e. The SMILES string of the molecule is COc1cc(C=C2SC(=S)N(CCCCC(C(=O)O)N3C(=O)C(=Cc4ccc(O)c(OC)c4)SC3=S)C2=O)ccc1O. The summed E-state index contributed by atoms with van der Waals surface area (Å²) in [5, 5.41) is 29.5. The fourth-order valence-electron chi connectivity index (χ4n) is 4.28. The summed E-state index contributed by atoms with van der Waals surface area (Å²) in [5.41, 5.74) is 1.25. The first-order valence-corrected chi connectivity index (χ1v) is 15.0. The Morgan fingerprint density at radius 2 is 1.40 bits per heavy atom. The average Bonchev–Trinajstić information content (AvgIpc) is 3.38. The number of amides is 2. The molecule has 3 N–H and O–H groups in total. The molecule has 0 aromatic heterocycles. The molecule has 2 saturated heterocycles. The van der Waals surface area contributed by atoms with Crippen molar-refractivity contribution in [3.63, 3.8) is 0 Å². The van der Waals surface area contributed by atoms with Crippen molar-refractivity contribution in [1.29, 1.82) is 0 Å². The number of phenols is 2. The fraction of sp³-hybridized carbons (Fsp3) is 0.250. The van der Waals surface area contributed by atoms with E-state index in [0.29, 0.717) is 33.2 Å². The molecule has 1 unspecified atom stereocenters. The first-order valence-electron chi connectivity index (χ1n) is 12.5. The van der Waals surface area contributed by atoms with Gasteiger partial charge in [-0.25, -0.2) is 4.79 Å². The van der Waals surface area contributed by atoms with Crippen LogP contribution in [0.2, 0.25) is 0 Å². The number of unbranched alkanes of at least 4 members (excludes halogenated alkanes) is 1. The van der Waals surface area contributed by atoms with Gasteiger partial charge in [-0.05, 0) is 66.8 Å². The number of rotatable bonds is 11. The van der Waals surface area contributed by atoms with Crippen molar-refractivity contribution in [2.75, 3.05) is 20.8 Å². The maximum atomic E-state index is 13.2. The van der Waals surface area contributed by atoms with Crippen molar-refractivity contribution in [3.05, 3.63) is 57.3 Å². The number of aliphatic carboxylic acids is 1. The van der Waals surface area contributed by atoms with Gasteiger partial charge in [0.15, 0.2) is 23.0 Å². The van der Waals surface area contributed by atoms with Crippen molar-refractivity contribution >= 4 is 86.5 Å². The quantitative estimate of drug-likeness (QED) is 0.175. The number of methoxy groups -OCH3 is 2. The molecule has 0 saturated carbocycles. The monoisotopic (exact) mass is 646 g/mol. The molecule has 220 valence electrons. The molecule has 2 aromatic carbocycles. The van der Waals surface area contributed by atoms with E-state index in [1.807, 2.05) is 0 Å². The smallest absolute Gasteiger partial charge is 0.326 e. The summed E-state index contributed by atoms with van der Waals surface area (Å²) < 4.78 is 10.7. The summed E-state index contributed by atoms with van der Waals surface area (Å²) in [4.78, 5) is 41.6. The van der Waals surface area contributed by atoms with Crippen LogP contribution in [0.1, 0.15) is 30.4 Å². The van der Waals surface area contributed by atoms with E-state index in [0.717, 1.165) is 28.4 Å². The molecule has 2 aliphatic rings. The number of carbonyl (C=O) groups is 3. The zero-order valence-corrected chi connectivity index (χ0v) is 25.7. The molecule has 14 heteroatoms. The highest BCUT2D eigenvalue weighted by Gasteiger charge is 2.40. The molecule has 42 heavy (non-hydrogen) atoms. The van der Waals surface area contributed by atoms with E-state index in [9.17, 15) is 29.7 Å². The average molecular weight is 647 g/mol. The second kappa shape index (κ2) is 13.6. The molecule has 2 aliphatic heterocycles. The third-order valence-electron chi connectivity index (χ3n) is 6.41. The van der Waals surface area contributed by atoms with Crippen molar-refractivity contribution in [1.82, 2.24) is 9.80 Å². The van der Waals surface area contributed by atoms with Gasteiger partial charge >= 0.3 is 5.97 Å². The van der Waals surface area contributed by atoms with E-state index in [1.165, 1.54) is 31.3 Å². The summed E-state index contributed by atoms with van der Waals surface area (Å²) in [7, 11) is 2.84. The van der Waals surface area contributed by atoms with Crippen molar-refractivity contribution in [2.45, 2.75) is 25.3 Å². The summed E-state index contributed by atoms with van der Waals surface area (Å²) in [6.07, 6.45) is 4.21. The lowest BCUT2D eigenvalue weighted by Gasteiger charge is -2.23. The molecule has 1 atom stereocenters. The van der Waals surface area contributed by atoms with Gasteiger partial charge in [-0.3, -0.25) is 19.4 Å². The van der Waals surface area contributed by atoms with Crippen molar-refractivity contribution < 1.29 is 39.2 Å². The van der Waals surface area contributed by atoms with E-state index < -0.39 is 17.9 Å². The molecule has 2 amide bonds. The number of carbonyl (C=O) groups excluding carboxylic acids is 2. The number of carboxylic acids is 1. The molecule has 0 bridgehead atoms. The fourth-order valence-corrected chi connectivity index (χ4v) is 6.95. The predicted molar refractivity (Wildman–Crippen MR) is 169 cm³/mol. The number of aromatic hydroxyl groups is 2. The molecular formula is C28H26N2O8S4. The van der Waals surface area contributed by atoms with E-state index in [-0.39, 0.29) is 51.1 Å². The minimum absolute atomic E-state index is 0.0119. The van der Waals surface area contributed by atoms with Gasteiger partial charge in [0.05, 0.1) is 24.0 Å². The number of ether oxygens (including phenoxy) is 2. The molecule has 0 spiro atoms. The Balaban J connectivity index is 1.37. The summed E-state index contributed by atoms with van der Waals surface area (Å²) in [5.74, 6) is -1.51. The van der Waals surface area contributed by atoms with Gasteiger partial charge in [-0.15, -0.1) is 0 Å². The highest BCUT2D eigenvalue weighted by molar-refractivity contribution is 8.27. The number of thiocarbonyl (C=S) groups is 2. The van der Waals surface area contributed by atoms with E-state index >= 15 is 0 Å². The first kappa shape index (κ1) is 31.3. The van der Waals surface area contributed by atoms with Gasteiger partial charge in [0.2, 0.25) is 0 Å². The Morgan fingerprint density at radius 1 is 0.881 bits per heavy atom. The van der Waals surface area contributed by atoms with Crippen LogP contribution in [0.4, 0.5) is 0 Å². The van der Waals surface area contributed by atoms with E-state index in [4.69, 9.17) is 33.9 Å². The molecular weight excluding hydrogens is 621 g/mol. The molecule has 0 radical (unpaired) electrons. The maximum Gasteiger partial charge on any atom is 0.326 e. The largest absolute Gasteiger partial charge is 0.504 e. The zero-order chi connectivity index (χ0) is 30.6. The molecule has 10 nitrogen and oxygen atoms in total.